The van der Waals surface area contributed by atoms with Gasteiger partial charge in [0, 0.05) is 11.9 Å². The second-order valence-corrected chi connectivity index (χ2v) is 6.28. The van der Waals surface area contributed by atoms with Crippen LogP contribution in [0.2, 0.25) is 0 Å². The van der Waals surface area contributed by atoms with Gasteiger partial charge in [0.15, 0.2) is 0 Å². The van der Waals surface area contributed by atoms with E-state index < -0.39 is 5.41 Å². The number of hydrogen-bond acceptors (Lipinski definition) is 3. The van der Waals surface area contributed by atoms with Crippen LogP contribution in [0.15, 0.2) is 60.8 Å². The highest BCUT2D eigenvalue weighted by Crippen LogP contribution is 2.39. The zero-order valence-electron chi connectivity index (χ0n) is 14.5. The molecule has 0 amide bonds. The summed E-state index contributed by atoms with van der Waals surface area (Å²) in [5.41, 5.74) is 4.09. The topological polar surface area (TPSA) is 62.3 Å². The van der Waals surface area contributed by atoms with Gasteiger partial charge in [0.2, 0.25) is 0 Å². The Morgan fingerprint density at radius 2 is 1.76 bits per heavy atom. The summed E-state index contributed by atoms with van der Waals surface area (Å²) in [6.07, 6.45) is 1.89. The molecule has 1 atom stereocenters. The molecule has 0 saturated carbocycles. The molecule has 25 heavy (non-hydrogen) atoms. The number of carbonyl (C=O) groups excluding carboxylic acids is 1. The van der Waals surface area contributed by atoms with Crippen molar-refractivity contribution < 1.29 is 14.6 Å². The van der Waals surface area contributed by atoms with Crippen molar-refractivity contribution in [3.8, 4) is 5.75 Å². The van der Waals surface area contributed by atoms with Gasteiger partial charge in [-0.25, -0.2) is 4.79 Å². The van der Waals surface area contributed by atoms with E-state index >= 15 is 0 Å². The fraction of sp³-hybridized carbons (Fsp3) is 0.190. The summed E-state index contributed by atoms with van der Waals surface area (Å²) in [4.78, 5) is 15.2. The lowest BCUT2D eigenvalue weighted by Crippen LogP contribution is -2.26. The van der Waals surface area contributed by atoms with Crippen LogP contribution in [-0.4, -0.2) is 23.2 Å². The number of esters is 1. The first-order valence-electron chi connectivity index (χ1n) is 8.09. The molecule has 3 rings (SSSR count). The van der Waals surface area contributed by atoms with Gasteiger partial charge in [-0.1, -0.05) is 24.3 Å². The molecule has 0 spiro atoms. The van der Waals surface area contributed by atoms with E-state index in [9.17, 15) is 9.90 Å². The molecule has 1 heterocycles. The van der Waals surface area contributed by atoms with Crippen LogP contribution in [0.4, 0.5) is 0 Å². The van der Waals surface area contributed by atoms with Gasteiger partial charge < -0.3 is 14.8 Å². The highest BCUT2D eigenvalue weighted by molar-refractivity contribution is 5.91. The summed E-state index contributed by atoms with van der Waals surface area (Å²) in [6.45, 7) is 4.03. The van der Waals surface area contributed by atoms with Crippen molar-refractivity contribution >= 4 is 5.97 Å². The van der Waals surface area contributed by atoms with Crippen molar-refractivity contribution in [1.82, 2.24) is 4.98 Å². The zero-order chi connectivity index (χ0) is 18.0. The Bertz CT molecular complexity index is 882. The van der Waals surface area contributed by atoms with Crippen molar-refractivity contribution in [2.75, 3.05) is 7.11 Å². The van der Waals surface area contributed by atoms with Crippen LogP contribution in [-0.2, 0) is 10.2 Å². The van der Waals surface area contributed by atoms with E-state index in [1.165, 1.54) is 7.11 Å². The third-order valence-electron chi connectivity index (χ3n) is 4.79. The molecule has 4 nitrogen and oxygen atoms in total. The zero-order valence-corrected chi connectivity index (χ0v) is 14.5. The number of aryl methyl sites for hydroxylation is 1. The Labute approximate surface area is 147 Å². The molecular weight excluding hydrogens is 314 g/mol. The van der Waals surface area contributed by atoms with Gasteiger partial charge in [-0.05, 0) is 60.9 Å². The van der Waals surface area contributed by atoms with Crippen molar-refractivity contribution in [2.24, 2.45) is 0 Å². The smallest absolute Gasteiger partial charge is 0.338 e. The maximum atomic E-state index is 11.9. The number of ether oxygens (including phenoxy) is 1. The van der Waals surface area contributed by atoms with Crippen LogP contribution >= 0.6 is 0 Å². The molecule has 2 aromatic carbocycles. The van der Waals surface area contributed by atoms with Crippen molar-refractivity contribution in [2.45, 2.75) is 19.3 Å². The lowest BCUT2D eigenvalue weighted by molar-refractivity contribution is 0.0600. The Balaban J connectivity index is 2.18. The van der Waals surface area contributed by atoms with Crippen LogP contribution in [0, 0.1) is 6.92 Å². The maximum Gasteiger partial charge on any atom is 0.338 e. The van der Waals surface area contributed by atoms with E-state index in [1.54, 1.807) is 18.2 Å². The minimum absolute atomic E-state index is 0.231. The van der Waals surface area contributed by atoms with Gasteiger partial charge in [-0.15, -0.1) is 0 Å². The van der Waals surface area contributed by atoms with Crippen molar-refractivity contribution in [1.29, 1.82) is 0 Å². The third-order valence-corrected chi connectivity index (χ3v) is 4.79. The van der Waals surface area contributed by atoms with Crippen LogP contribution in [0.1, 0.15) is 39.7 Å². The molecule has 1 unspecified atom stereocenters. The van der Waals surface area contributed by atoms with Crippen LogP contribution in [0.25, 0.3) is 0 Å². The van der Waals surface area contributed by atoms with Crippen LogP contribution in [0.3, 0.4) is 0 Å². The molecule has 0 aliphatic carbocycles. The minimum Gasteiger partial charge on any atom is -0.508 e. The SMILES string of the molecule is COC(=O)c1ccc(C(C)(c2ccc(O)cc2)c2ccc[nH]2)cc1C. The number of benzene rings is 2. The standard InChI is InChI=1S/C21H21NO3/c1-14-13-16(8-11-18(14)20(24)25-3)21(2,19-5-4-12-22-19)15-6-9-17(23)10-7-15/h4-13,22-23H,1-3H3. The molecule has 1 aromatic heterocycles. The Hall–Kier alpha value is -3.01. The molecule has 0 saturated heterocycles. The lowest BCUT2D eigenvalue weighted by Gasteiger charge is -2.31. The largest absolute Gasteiger partial charge is 0.508 e. The minimum atomic E-state index is -0.448. The predicted molar refractivity (Wildman–Crippen MR) is 97.0 cm³/mol. The highest BCUT2D eigenvalue weighted by Gasteiger charge is 2.32. The van der Waals surface area contributed by atoms with Crippen LogP contribution < -0.4 is 0 Å². The number of aromatic hydroxyl groups is 1. The fourth-order valence-corrected chi connectivity index (χ4v) is 3.23. The number of nitrogens with one attached hydrogen (secondary N) is 1. The van der Waals surface area contributed by atoms with E-state index in [4.69, 9.17) is 4.74 Å². The normalized spacial score (nSPS) is 13.2. The highest BCUT2D eigenvalue weighted by atomic mass is 16.5. The Morgan fingerprint density at radius 1 is 1.08 bits per heavy atom. The summed E-state index contributed by atoms with van der Waals surface area (Å²) >= 11 is 0. The van der Waals surface area contributed by atoms with Gasteiger partial charge >= 0.3 is 5.97 Å². The molecule has 0 radical (unpaired) electrons. The lowest BCUT2D eigenvalue weighted by atomic mass is 9.73. The number of aromatic amines is 1. The number of methoxy groups -OCH3 is 1. The number of H-pyrrole nitrogens is 1. The van der Waals surface area contributed by atoms with Crippen molar-refractivity contribution in [3.63, 3.8) is 0 Å². The van der Waals surface area contributed by atoms with E-state index in [1.807, 2.05) is 49.5 Å². The monoisotopic (exact) mass is 335 g/mol. The van der Waals surface area contributed by atoms with Gasteiger partial charge in [-0.3, -0.25) is 0 Å². The average Bonchev–Trinajstić information content (AvgIpc) is 3.16. The number of hydrogen-bond donors (Lipinski definition) is 2. The van der Waals surface area contributed by atoms with Crippen LogP contribution in [0.5, 0.6) is 5.75 Å². The van der Waals surface area contributed by atoms with Gasteiger partial charge in [0.05, 0.1) is 18.1 Å². The quantitative estimate of drug-likeness (QED) is 0.704. The molecule has 0 fully saturated rings. The number of aromatic nitrogens is 1. The average molecular weight is 335 g/mol. The van der Waals surface area contributed by atoms with E-state index in [-0.39, 0.29) is 11.7 Å². The first-order chi connectivity index (χ1) is 12.0. The fourth-order valence-electron chi connectivity index (χ4n) is 3.23. The molecule has 0 aliphatic rings. The summed E-state index contributed by atoms with van der Waals surface area (Å²) < 4.78 is 4.84. The third kappa shape index (κ3) is 2.91. The summed E-state index contributed by atoms with van der Waals surface area (Å²) in [6, 6.07) is 17.0. The van der Waals surface area contributed by atoms with E-state index in [0.717, 1.165) is 22.4 Å². The van der Waals surface area contributed by atoms with Gasteiger partial charge in [0.25, 0.3) is 0 Å². The second kappa shape index (κ2) is 6.48. The molecule has 0 aliphatic heterocycles. The molecule has 2 N–H and O–H groups in total. The summed E-state index contributed by atoms with van der Waals surface area (Å²) in [7, 11) is 1.38. The first kappa shape index (κ1) is 16.8. The maximum absolute atomic E-state index is 11.9. The van der Waals surface area contributed by atoms with Gasteiger partial charge in [-0.2, -0.15) is 0 Å². The molecular formula is C21H21NO3. The summed E-state index contributed by atoms with van der Waals surface area (Å²) in [5, 5.41) is 9.63. The van der Waals surface area contributed by atoms with Crippen molar-refractivity contribution in [3.05, 3.63) is 88.7 Å². The molecule has 0 bridgehead atoms. The summed E-state index contributed by atoms with van der Waals surface area (Å²) in [5.74, 6) is -0.106. The van der Waals surface area contributed by atoms with E-state index in [2.05, 4.69) is 11.9 Å². The predicted octanol–water partition coefficient (Wildman–Crippen LogP) is 4.17. The number of carbonyl (C=O) groups is 1. The second-order valence-electron chi connectivity index (χ2n) is 6.28. The Kier molecular flexibility index (Phi) is 4.36. The number of rotatable bonds is 4. The molecule has 128 valence electrons. The molecule has 4 heteroatoms. The van der Waals surface area contributed by atoms with E-state index in [0.29, 0.717) is 5.56 Å². The van der Waals surface area contributed by atoms with Gasteiger partial charge in [0.1, 0.15) is 5.75 Å². The Morgan fingerprint density at radius 3 is 2.32 bits per heavy atom. The number of phenols is 1. The molecule has 3 aromatic rings. The first-order valence-corrected chi connectivity index (χ1v) is 8.09. The number of phenolic OH excluding ortho intramolecular Hbond substituents is 1.